The number of carboxylic acids is 1. The molecule has 1 amide bonds. The van der Waals surface area contributed by atoms with Crippen LogP contribution in [0.2, 0.25) is 0 Å². The van der Waals surface area contributed by atoms with Gasteiger partial charge in [0.1, 0.15) is 0 Å². The second kappa shape index (κ2) is 7.22. The van der Waals surface area contributed by atoms with Crippen LogP contribution < -0.4 is 10.6 Å². The molecule has 1 heterocycles. The van der Waals surface area contributed by atoms with Crippen LogP contribution in [-0.4, -0.2) is 36.6 Å². The molecular weight excluding hydrogens is 208 g/mol. The maximum Gasteiger partial charge on any atom is 0.303 e. The van der Waals surface area contributed by atoms with E-state index in [0.717, 1.165) is 19.5 Å². The smallest absolute Gasteiger partial charge is 0.303 e. The first kappa shape index (κ1) is 13.0. The molecule has 1 aliphatic heterocycles. The topological polar surface area (TPSA) is 78.4 Å². The number of carbonyl (C=O) groups excluding carboxylic acids is 1. The Labute approximate surface area is 95.6 Å². The largest absolute Gasteiger partial charge is 0.481 e. The molecule has 1 saturated heterocycles. The Hall–Kier alpha value is -1.10. The van der Waals surface area contributed by atoms with E-state index in [1.165, 1.54) is 6.42 Å². The molecule has 1 atom stereocenters. The normalized spacial score (nSPS) is 19.6. The highest BCUT2D eigenvalue weighted by molar-refractivity contribution is 5.76. The number of rotatable bonds is 7. The van der Waals surface area contributed by atoms with Gasteiger partial charge in [0.2, 0.25) is 5.91 Å². The molecule has 16 heavy (non-hydrogen) atoms. The molecule has 0 saturated carbocycles. The first-order valence-corrected chi connectivity index (χ1v) is 5.87. The molecule has 1 rings (SSSR count). The molecule has 0 aliphatic carbocycles. The first-order valence-electron chi connectivity index (χ1n) is 5.87. The summed E-state index contributed by atoms with van der Waals surface area (Å²) in [6, 6.07) is 0. The van der Waals surface area contributed by atoms with Crippen molar-refractivity contribution in [2.75, 3.05) is 19.6 Å². The van der Waals surface area contributed by atoms with Crippen molar-refractivity contribution in [3.8, 4) is 0 Å². The van der Waals surface area contributed by atoms with Crippen molar-refractivity contribution >= 4 is 11.9 Å². The van der Waals surface area contributed by atoms with Crippen LogP contribution in [0.4, 0.5) is 0 Å². The molecule has 0 spiro atoms. The maximum absolute atomic E-state index is 11.3. The van der Waals surface area contributed by atoms with E-state index in [-0.39, 0.29) is 12.3 Å². The summed E-state index contributed by atoms with van der Waals surface area (Å²) in [5.41, 5.74) is 0. The molecule has 0 aromatic carbocycles. The maximum atomic E-state index is 11.3. The Bertz CT molecular complexity index is 237. The lowest BCUT2D eigenvalue weighted by Crippen LogP contribution is -2.26. The molecule has 0 radical (unpaired) electrons. The summed E-state index contributed by atoms with van der Waals surface area (Å²) in [5.74, 6) is -0.198. The molecule has 1 aliphatic rings. The van der Waals surface area contributed by atoms with E-state index in [1.54, 1.807) is 0 Å². The van der Waals surface area contributed by atoms with Gasteiger partial charge >= 0.3 is 5.97 Å². The van der Waals surface area contributed by atoms with Crippen molar-refractivity contribution in [1.82, 2.24) is 10.6 Å². The van der Waals surface area contributed by atoms with Crippen molar-refractivity contribution in [2.24, 2.45) is 5.92 Å². The number of carbonyl (C=O) groups is 2. The van der Waals surface area contributed by atoms with Crippen molar-refractivity contribution in [3.05, 3.63) is 0 Å². The van der Waals surface area contributed by atoms with Gasteiger partial charge in [0.05, 0.1) is 0 Å². The van der Waals surface area contributed by atoms with Gasteiger partial charge in [0.15, 0.2) is 0 Å². The van der Waals surface area contributed by atoms with Crippen molar-refractivity contribution in [1.29, 1.82) is 0 Å². The predicted octanol–water partition coefficient (Wildman–Crippen LogP) is 0.357. The highest BCUT2D eigenvalue weighted by Gasteiger charge is 2.13. The predicted molar refractivity (Wildman–Crippen MR) is 60.1 cm³/mol. The molecule has 1 fully saturated rings. The zero-order chi connectivity index (χ0) is 11.8. The highest BCUT2D eigenvalue weighted by atomic mass is 16.4. The number of amides is 1. The quantitative estimate of drug-likeness (QED) is 0.588. The van der Waals surface area contributed by atoms with Gasteiger partial charge in [0, 0.05) is 19.4 Å². The Kier molecular flexibility index (Phi) is 5.85. The van der Waals surface area contributed by atoms with Gasteiger partial charge in [0.25, 0.3) is 0 Å². The summed E-state index contributed by atoms with van der Waals surface area (Å²) < 4.78 is 0. The van der Waals surface area contributed by atoms with Gasteiger partial charge in [-0.3, -0.25) is 9.59 Å². The lowest BCUT2D eigenvalue weighted by Gasteiger charge is -2.08. The minimum atomic E-state index is -0.843. The lowest BCUT2D eigenvalue weighted by atomic mass is 10.1. The van der Waals surface area contributed by atoms with Crippen LogP contribution in [0.5, 0.6) is 0 Å². The van der Waals surface area contributed by atoms with Gasteiger partial charge in [-0.05, 0) is 38.3 Å². The molecule has 0 unspecified atom stereocenters. The van der Waals surface area contributed by atoms with Crippen LogP contribution in [0.3, 0.4) is 0 Å². The molecule has 0 bridgehead atoms. The van der Waals surface area contributed by atoms with E-state index in [0.29, 0.717) is 25.3 Å². The van der Waals surface area contributed by atoms with Crippen molar-refractivity contribution in [3.63, 3.8) is 0 Å². The number of hydrogen-bond donors (Lipinski definition) is 3. The fourth-order valence-corrected chi connectivity index (χ4v) is 1.87. The summed E-state index contributed by atoms with van der Waals surface area (Å²) in [5, 5.41) is 14.5. The third-order valence-electron chi connectivity index (χ3n) is 2.83. The van der Waals surface area contributed by atoms with Crippen LogP contribution >= 0.6 is 0 Å². The molecule has 5 nitrogen and oxygen atoms in total. The summed E-state index contributed by atoms with van der Waals surface area (Å²) in [4.78, 5) is 21.5. The zero-order valence-corrected chi connectivity index (χ0v) is 9.50. The summed E-state index contributed by atoms with van der Waals surface area (Å²) in [6.07, 6.45) is 3.01. The van der Waals surface area contributed by atoms with E-state index in [4.69, 9.17) is 5.11 Å². The van der Waals surface area contributed by atoms with Gasteiger partial charge in [-0.25, -0.2) is 0 Å². The van der Waals surface area contributed by atoms with Crippen LogP contribution in [0.25, 0.3) is 0 Å². The molecule has 5 heteroatoms. The molecule has 0 aromatic rings. The first-order chi connectivity index (χ1) is 7.68. The average molecular weight is 228 g/mol. The third-order valence-corrected chi connectivity index (χ3v) is 2.83. The standard InChI is InChI=1S/C11H20N2O3/c14-10(2-1-3-11(15)16)13-7-5-9-4-6-12-8-9/h9,12H,1-8H2,(H,13,14)(H,15,16)/t9-/m1/s1. The zero-order valence-electron chi connectivity index (χ0n) is 9.50. The van der Waals surface area contributed by atoms with E-state index >= 15 is 0 Å². The number of nitrogens with one attached hydrogen (secondary N) is 2. The number of carboxylic acid groups (broad SMARTS) is 1. The second-order valence-electron chi connectivity index (χ2n) is 4.24. The van der Waals surface area contributed by atoms with Gasteiger partial charge in [-0.15, -0.1) is 0 Å². The lowest BCUT2D eigenvalue weighted by molar-refractivity contribution is -0.137. The van der Waals surface area contributed by atoms with E-state index in [2.05, 4.69) is 10.6 Å². The summed E-state index contributed by atoms with van der Waals surface area (Å²) >= 11 is 0. The molecule has 0 aromatic heterocycles. The Balaban J connectivity index is 1.95. The fraction of sp³-hybridized carbons (Fsp3) is 0.818. The van der Waals surface area contributed by atoms with Crippen LogP contribution in [0.15, 0.2) is 0 Å². The van der Waals surface area contributed by atoms with Crippen molar-refractivity contribution < 1.29 is 14.7 Å². The molecular formula is C11H20N2O3. The van der Waals surface area contributed by atoms with E-state index < -0.39 is 5.97 Å². The number of aliphatic carboxylic acids is 1. The van der Waals surface area contributed by atoms with Gasteiger partial charge in [-0.2, -0.15) is 0 Å². The van der Waals surface area contributed by atoms with Crippen LogP contribution in [0, 0.1) is 5.92 Å². The minimum absolute atomic E-state index is 0.0350. The van der Waals surface area contributed by atoms with Crippen LogP contribution in [-0.2, 0) is 9.59 Å². The Morgan fingerprint density at radius 2 is 2.19 bits per heavy atom. The van der Waals surface area contributed by atoms with Crippen LogP contribution in [0.1, 0.15) is 32.1 Å². The summed E-state index contributed by atoms with van der Waals surface area (Å²) in [7, 11) is 0. The Morgan fingerprint density at radius 1 is 1.38 bits per heavy atom. The van der Waals surface area contributed by atoms with Gasteiger partial charge < -0.3 is 15.7 Å². The molecule has 92 valence electrons. The van der Waals surface area contributed by atoms with Gasteiger partial charge in [-0.1, -0.05) is 0 Å². The third kappa shape index (κ3) is 5.70. The summed E-state index contributed by atoms with van der Waals surface area (Å²) in [6.45, 7) is 2.84. The minimum Gasteiger partial charge on any atom is -0.481 e. The highest BCUT2D eigenvalue weighted by Crippen LogP contribution is 2.10. The van der Waals surface area contributed by atoms with Crippen molar-refractivity contribution in [2.45, 2.75) is 32.1 Å². The van der Waals surface area contributed by atoms with E-state index in [1.807, 2.05) is 0 Å². The second-order valence-corrected chi connectivity index (χ2v) is 4.24. The number of hydrogen-bond acceptors (Lipinski definition) is 3. The SMILES string of the molecule is O=C(O)CCCC(=O)NCC[C@H]1CCNC1. The van der Waals surface area contributed by atoms with E-state index in [9.17, 15) is 9.59 Å². The molecule has 3 N–H and O–H groups in total. The monoisotopic (exact) mass is 228 g/mol. The fourth-order valence-electron chi connectivity index (χ4n) is 1.87. The Morgan fingerprint density at radius 3 is 2.81 bits per heavy atom. The average Bonchev–Trinajstić information content (AvgIpc) is 2.70.